The van der Waals surface area contributed by atoms with Crippen molar-refractivity contribution in [3.8, 4) is 26.8 Å². The molecule has 168 valence electrons. The zero-order chi connectivity index (χ0) is 22.7. The molecule has 5 nitrogen and oxygen atoms in total. The summed E-state index contributed by atoms with van der Waals surface area (Å²) in [4.78, 5) is 19.4. The van der Waals surface area contributed by atoms with E-state index in [-0.39, 0.29) is 12.5 Å². The fourth-order valence-corrected chi connectivity index (χ4v) is 4.42. The Hall–Kier alpha value is -2.91. The van der Waals surface area contributed by atoms with Crippen molar-refractivity contribution >= 4 is 17.2 Å². The van der Waals surface area contributed by atoms with Crippen LogP contribution in [0.15, 0.2) is 48.5 Å². The highest BCUT2D eigenvalue weighted by Gasteiger charge is 2.30. The van der Waals surface area contributed by atoms with Gasteiger partial charge in [-0.2, -0.15) is 13.2 Å². The van der Waals surface area contributed by atoms with Gasteiger partial charge >= 0.3 is 6.18 Å². The summed E-state index contributed by atoms with van der Waals surface area (Å²) in [7, 11) is 0. The van der Waals surface area contributed by atoms with Gasteiger partial charge in [0.2, 0.25) is 0 Å². The summed E-state index contributed by atoms with van der Waals surface area (Å²) < 4.78 is 49.2. The first-order valence-electron chi connectivity index (χ1n) is 10.0. The molecule has 4 rings (SSSR count). The van der Waals surface area contributed by atoms with Crippen LogP contribution in [0.25, 0.3) is 21.0 Å². The van der Waals surface area contributed by atoms with Gasteiger partial charge in [0, 0.05) is 18.7 Å². The first-order chi connectivity index (χ1) is 15.3. The van der Waals surface area contributed by atoms with Crippen LogP contribution in [0.1, 0.15) is 11.3 Å². The lowest BCUT2D eigenvalue weighted by Crippen LogP contribution is -2.42. The van der Waals surface area contributed by atoms with Gasteiger partial charge in [-0.05, 0) is 48.9 Å². The lowest BCUT2D eigenvalue weighted by molar-refractivity contribution is -0.138. The Morgan fingerprint density at radius 2 is 1.69 bits per heavy atom. The molecule has 2 aromatic carbocycles. The lowest BCUT2D eigenvalue weighted by atomic mass is 10.1. The number of carbonyl (C=O) groups is 1. The Morgan fingerprint density at radius 1 is 1.06 bits per heavy atom. The van der Waals surface area contributed by atoms with E-state index < -0.39 is 11.7 Å². The molecule has 3 aromatic rings. The number of nitrogens with zero attached hydrogens (tertiary/aromatic N) is 2. The van der Waals surface area contributed by atoms with E-state index in [4.69, 9.17) is 9.47 Å². The Balaban J connectivity index is 1.43. The number of rotatable bonds is 5. The van der Waals surface area contributed by atoms with Crippen molar-refractivity contribution in [2.45, 2.75) is 13.1 Å². The maximum atomic E-state index is 12.8. The average molecular weight is 462 g/mol. The van der Waals surface area contributed by atoms with E-state index in [9.17, 15) is 18.0 Å². The highest BCUT2D eigenvalue weighted by Crippen LogP contribution is 2.37. The zero-order valence-electron chi connectivity index (χ0n) is 17.3. The van der Waals surface area contributed by atoms with Crippen molar-refractivity contribution in [1.29, 1.82) is 0 Å². The highest BCUT2D eigenvalue weighted by atomic mass is 32.1. The largest absolute Gasteiger partial charge is 0.484 e. The SMILES string of the molecule is Cc1nc(-c2ccc(C(F)(F)F)cc2)sc1-c1ccc(OCC(=O)N2CCOCC2)cc1. The van der Waals surface area contributed by atoms with Crippen LogP contribution >= 0.6 is 11.3 Å². The second kappa shape index (κ2) is 9.30. The molecule has 0 aliphatic carbocycles. The summed E-state index contributed by atoms with van der Waals surface area (Å²) in [5, 5.41) is 0.655. The molecule has 2 heterocycles. The number of benzene rings is 2. The van der Waals surface area contributed by atoms with Crippen LogP contribution in [0, 0.1) is 6.92 Å². The maximum absolute atomic E-state index is 12.8. The molecule has 1 aliphatic heterocycles. The summed E-state index contributed by atoms with van der Waals surface area (Å²) in [5.41, 5.74) is 1.67. The number of amides is 1. The molecule has 0 spiro atoms. The lowest BCUT2D eigenvalue weighted by Gasteiger charge is -2.26. The minimum absolute atomic E-state index is 0.0308. The molecule has 32 heavy (non-hydrogen) atoms. The van der Waals surface area contributed by atoms with Gasteiger partial charge in [-0.15, -0.1) is 11.3 Å². The molecule has 1 fully saturated rings. The highest BCUT2D eigenvalue weighted by molar-refractivity contribution is 7.18. The van der Waals surface area contributed by atoms with Crippen LogP contribution in [0.3, 0.4) is 0 Å². The maximum Gasteiger partial charge on any atom is 0.416 e. The molecule has 1 amide bonds. The van der Waals surface area contributed by atoms with Crippen LogP contribution < -0.4 is 4.74 Å². The van der Waals surface area contributed by atoms with E-state index in [2.05, 4.69) is 4.98 Å². The predicted octanol–water partition coefficient (Wildman–Crippen LogP) is 5.04. The van der Waals surface area contributed by atoms with Crippen LogP contribution in [0.2, 0.25) is 0 Å². The van der Waals surface area contributed by atoms with Gasteiger partial charge in [-0.1, -0.05) is 12.1 Å². The van der Waals surface area contributed by atoms with Crippen LogP contribution in [-0.4, -0.2) is 48.7 Å². The number of hydrogen-bond donors (Lipinski definition) is 0. The quantitative estimate of drug-likeness (QED) is 0.533. The third kappa shape index (κ3) is 5.11. The molecule has 0 saturated carbocycles. The smallest absolute Gasteiger partial charge is 0.416 e. The van der Waals surface area contributed by atoms with Crippen molar-refractivity contribution in [3.05, 3.63) is 59.8 Å². The molecule has 0 radical (unpaired) electrons. The van der Waals surface area contributed by atoms with E-state index in [1.807, 2.05) is 19.1 Å². The van der Waals surface area contributed by atoms with Crippen LogP contribution in [0.5, 0.6) is 5.75 Å². The van der Waals surface area contributed by atoms with Crippen molar-refractivity contribution in [1.82, 2.24) is 9.88 Å². The number of alkyl halides is 3. The monoisotopic (exact) mass is 462 g/mol. The van der Waals surface area contributed by atoms with Gasteiger partial charge in [0.25, 0.3) is 5.91 Å². The number of halogens is 3. The third-order valence-corrected chi connectivity index (χ3v) is 6.35. The van der Waals surface area contributed by atoms with E-state index in [0.29, 0.717) is 42.6 Å². The standard InChI is InChI=1S/C23H21F3N2O3S/c1-15-21(32-22(27-15)17-2-6-18(7-3-17)23(24,25)26)16-4-8-19(9-5-16)31-14-20(29)28-10-12-30-13-11-28/h2-9H,10-14H2,1H3. The molecule has 9 heteroatoms. The number of aromatic nitrogens is 1. The summed E-state index contributed by atoms with van der Waals surface area (Å²) in [6.45, 7) is 4.08. The van der Waals surface area contributed by atoms with E-state index in [0.717, 1.165) is 28.3 Å². The number of hydrogen-bond acceptors (Lipinski definition) is 5. The topological polar surface area (TPSA) is 51.7 Å². The number of ether oxygens (including phenoxy) is 2. The van der Waals surface area contributed by atoms with Crippen molar-refractivity contribution < 1.29 is 27.4 Å². The Kier molecular flexibility index (Phi) is 6.48. The normalized spacial score (nSPS) is 14.4. The Morgan fingerprint density at radius 3 is 2.31 bits per heavy atom. The molecule has 0 bridgehead atoms. The Labute approximate surface area is 187 Å². The summed E-state index contributed by atoms with van der Waals surface area (Å²) >= 11 is 1.42. The first kappa shape index (κ1) is 22.3. The molecular weight excluding hydrogens is 441 g/mol. The molecule has 0 unspecified atom stereocenters. The molecule has 0 N–H and O–H groups in total. The van der Waals surface area contributed by atoms with Gasteiger partial charge in [0.05, 0.1) is 29.3 Å². The second-order valence-electron chi connectivity index (χ2n) is 7.31. The zero-order valence-corrected chi connectivity index (χ0v) is 18.1. The molecule has 1 saturated heterocycles. The fraction of sp³-hybridized carbons (Fsp3) is 0.304. The number of carbonyl (C=O) groups excluding carboxylic acids is 1. The Bertz CT molecular complexity index is 1070. The van der Waals surface area contributed by atoms with E-state index in [1.165, 1.54) is 23.5 Å². The molecule has 1 aromatic heterocycles. The molecule has 0 atom stereocenters. The molecule has 1 aliphatic rings. The number of morpholine rings is 1. The van der Waals surface area contributed by atoms with Gasteiger partial charge in [0.1, 0.15) is 10.8 Å². The number of aryl methyl sites for hydroxylation is 1. The van der Waals surface area contributed by atoms with Crippen molar-refractivity contribution in [3.63, 3.8) is 0 Å². The molecular formula is C23H21F3N2O3S. The first-order valence-corrected chi connectivity index (χ1v) is 10.9. The number of thiazole rings is 1. The van der Waals surface area contributed by atoms with Crippen LogP contribution in [-0.2, 0) is 15.7 Å². The average Bonchev–Trinajstić information content (AvgIpc) is 3.19. The summed E-state index contributed by atoms with van der Waals surface area (Å²) in [5.74, 6) is 0.511. The van der Waals surface area contributed by atoms with Crippen LogP contribution in [0.4, 0.5) is 13.2 Å². The van der Waals surface area contributed by atoms with Gasteiger partial charge < -0.3 is 14.4 Å². The fourth-order valence-electron chi connectivity index (χ4n) is 3.34. The van der Waals surface area contributed by atoms with E-state index >= 15 is 0 Å². The summed E-state index contributed by atoms with van der Waals surface area (Å²) in [6.07, 6.45) is -4.36. The minimum Gasteiger partial charge on any atom is -0.484 e. The second-order valence-corrected chi connectivity index (χ2v) is 8.31. The van der Waals surface area contributed by atoms with Gasteiger partial charge in [0.15, 0.2) is 6.61 Å². The summed E-state index contributed by atoms with van der Waals surface area (Å²) in [6, 6.07) is 12.3. The van der Waals surface area contributed by atoms with Crippen molar-refractivity contribution in [2.75, 3.05) is 32.9 Å². The third-order valence-electron chi connectivity index (χ3n) is 5.10. The van der Waals surface area contributed by atoms with Gasteiger partial charge in [-0.25, -0.2) is 4.98 Å². The minimum atomic E-state index is -4.36. The van der Waals surface area contributed by atoms with E-state index in [1.54, 1.807) is 17.0 Å². The predicted molar refractivity (Wildman–Crippen MR) is 116 cm³/mol. The van der Waals surface area contributed by atoms with Crippen molar-refractivity contribution in [2.24, 2.45) is 0 Å². The van der Waals surface area contributed by atoms with Gasteiger partial charge in [-0.3, -0.25) is 4.79 Å².